The van der Waals surface area contributed by atoms with Crippen LogP contribution in [0.25, 0.3) is 10.2 Å². The number of amides is 1. The smallest absolute Gasteiger partial charge is 0.305 e. The molecule has 0 aromatic carbocycles. The molecule has 1 amide bonds. The molecule has 0 atom stereocenters. The predicted molar refractivity (Wildman–Crippen MR) is 85.5 cm³/mol. The van der Waals surface area contributed by atoms with Crippen LogP contribution in [-0.4, -0.2) is 32.1 Å². The molecule has 2 N–H and O–H groups in total. The van der Waals surface area contributed by atoms with Crippen LogP contribution in [0.3, 0.4) is 0 Å². The number of carboxylic acids is 1. The Labute approximate surface area is 136 Å². The highest BCUT2D eigenvalue weighted by molar-refractivity contribution is 7.16. The standard InChI is InChI=1S/C15H17N3O4S/c19-11(17-15(4-1-5-15)8-12(20)21)2-6-18-9-16-13-10(14(18)22)3-7-23-13/h3,7,9H,1-2,4-6,8H2,(H,17,19)(H,20,21). The Kier molecular flexibility index (Phi) is 4.16. The second-order valence-corrected chi connectivity index (χ2v) is 6.78. The summed E-state index contributed by atoms with van der Waals surface area (Å²) in [4.78, 5) is 40.1. The van der Waals surface area contributed by atoms with Crippen LogP contribution >= 0.6 is 11.3 Å². The maximum atomic E-state index is 12.2. The minimum absolute atomic E-state index is 0.0545. The van der Waals surface area contributed by atoms with E-state index in [0.29, 0.717) is 23.1 Å². The van der Waals surface area contributed by atoms with Gasteiger partial charge in [-0.25, -0.2) is 4.98 Å². The van der Waals surface area contributed by atoms with E-state index in [4.69, 9.17) is 5.11 Å². The van der Waals surface area contributed by atoms with Gasteiger partial charge in [0.2, 0.25) is 5.91 Å². The Hall–Kier alpha value is -2.22. The summed E-state index contributed by atoms with van der Waals surface area (Å²) < 4.78 is 1.42. The number of aliphatic carboxylic acids is 1. The number of hydrogen-bond acceptors (Lipinski definition) is 5. The average molecular weight is 335 g/mol. The first-order valence-corrected chi connectivity index (χ1v) is 8.33. The normalized spacial score (nSPS) is 16.0. The zero-order valence-electron chi connectivity index (χ0n) is 12.4. The van der Waals surface area contributed by atoms with Gasteiger partial charge in [0.1, 0.15) is 4.83 Å². The number of nitrogens with zero attached hydrogens (tertiary/aromatic N) is 2. The molecule has 23 heavy (non-hydrogen) atoms. The molecule has 0 radical (unpaired) electrons. The van der Waals surface area contributed by atoms with Crippen LogP contribution in [0, 0.1) is 0 Å². The van der Waals surface area contributed by atoms with Crippen molar-refractivity contribution in [3.63, 3.8) is 0 Å². The summed E-state index contributed by atoms with van der Waals surface area (Å²) in [7, 11) is 0. The van der Waals surface area contributed by atoms with Gasteiger partial charge in [-0.1, -0.05) is 0 Å². The Morgan fingerprint density at radius 3 is 2.87 bits per heavy atom. The molecule has 1 saturated carbocycles. The Morgan fingerprint density at radius 1 is 1.43 bits per heavy atom. The van der Waals surface area contributed by atoms with E-state index in [-0.39, 0.29) is 30.9 Å². The van der Waals surface area contributed by atoms with Crippen LogP contribution in [0.2, 0.25) is 0 Å². The molecule has 0 spiro atoms. The minimum atomic E-state index is -0.909. The van der Waals surface area contributed by atoms with E-state index in [9.17, 15) is 14.4 Å². The number of thiophene rings is 1. The molecule has 7 nitrogen and oxygen atoms in total. The minimum Gasteiger partial charge on any atom is -0.481 e. The summed E-state index contributed by atoms with van der Waals surface area (Å²) in [5, 5.41) is 14.1. The van der Waals surface area contributed by atoms with Crippen molar-refractivity contribution < 1.29 is 14.7 Å². The molecule has 0 aliphatic heterocycles. The second-order valence-electron chi connectivity index (χ2n) is 5.89. The summed E-state index contributed by atoms with van der Waals surface area (Å²) in [5.74, 6) is -1.14. The maximum absolute atomic E-state index is 12.2. The molecule has 0 saturated heterocycles. The molecule has 1 aliphatic carbocycles. The van der Waals surface area contributed by atoms with E-state index < -0.39 is 11.5 Å². The van der Waals surface area contributed by atoms with Gasteiger partial charge >= 0.3 is 5.97 Å². The molecule has 0 unspecified atom stereocenters. The van der Waals surface area contributed by atoms with Gasteiger partial charge < -0.3 is 10.4 Å². The number of rotatable bonds is 6. The molecule has 1 fully saturated rings. The molecular formula is C15H17N3O4S. The molecular weight excluding hydrogens is 318 g/mol. The van der Waals surface area contributed by atoms with E-state index in [1.54, 1.807) is 6.07 Å². The van der Waals surface area contributed by atoms with Crippen LogP contribution in [0.5, 0.6) is 0 Å². The fourth-order valence-corrected chi connectivity index (χ4v) is 3.60. The van der Waals surface area contributed by atoms with Crippen LogP contribution in [0.4, 0.5) is 0 Å². The van der Waals surface area contributed by atoms with Crippen molar-refractivity contribution in [3.8, 4) is 0 Å². The molecule has 8 heteroatoms. The number of nitrogens with one attached hydrogen (secondary N) is 1. The van der Waals surface area contributed by atoms with E-state index in [0.717, 1.165) is 6.42 Å². The second kappa shape index (κ2) is 6.11. The topological polar surface area (TPSA) is 101 Å². The van der Waals surface area contributed by atoms with Crippen molar-refractivity contribution >= 4 is 33.4 Å². The summed E-state index contributed by atoms with van der Waals surface area (Å²) in [6.07, 6.45) is 3.82. The highest BCUT2D eigenvalue weighted by Gasteiger charge is 2.40. The third-order valence-corrected chi connectivity index (χ3v) is 5.06. The first-order valence-electron chi connectivity index (χ1n) is 7.45. The van der Waals surface area contributed by atoms with Gasteiger partial charge in [-0.3, -0.25) is 19.0 Å². The number of carboxylic acid groups (broad SMARTS) is 1. The SMILES string of the molecule is O=C(O)CC1(NC(=O)CCn2cnc3sccc3c2=O)CCC1. The van der Waals surface area contributed by atoms with Gasteiger partial charge in [0.25, 0.3) is 5.56 Å². The number of carbonyl (C=O) groups is 2. The Bertz CT molecular complexity index is 806. The Balaban J connectivity index is 1.63. The van der Waals surface area contributed by atoms with Crippen LogP contribution < -0.4 is 10.9 Å². The van der Waals surface area contributed by atoms with E-state index >= 15 is 0 Å². The summed E-state index contributed by atoms with van der Waals surface area (Å²) in [6.45, 7) is 0.229. The number of carbonyl (C=O) groups excluding carboxylic acids is 1. The molecule has 1 aliphatic rings. The highest BCUT2D eigenvalue weighted by atomic mass is 32.1. The summed E-state index contributed by atoms with van der Waals surface area (Å²) in [6, 6.07) is 1.72. The lowest BCUT2D eigenvalue weighted by atomic mass is 9.74. The van der Waals surface area contributed by atoms with Gasteiger partial charge in [0, 0.05) is 13.0 Å². The third-order valence-electron chi connectivity index (χ3n) is 4.24. The Morgan fingerprint density at radius 2 is 2.22 bits per heavy atom. The van der Waals surface area contributed by atoms with Crippen molar-refractivity contribution in [1.29, 1.82) is 0 Å². The van der Waals surface area contributed by atoms with Crippen LogP contribution in [-0.2, 0) is 16.1 Å². The maximum Gasteiger partial charge on any atom is 0.305 e. The molecule has 122 valence electrons. The molecule has 2 aromatic heterocycles. The molecule has 2 aromatic rings. The van der Waals surface area contributed by atoms with Gasteiger partial charge in [0.15, 0.2) is 0 Å². The van der Waals surface area contributed by atoms with Gasteiger partial charge in [-0.15, -0.1) is 11.3 Å². The zero-order chi connectivity index (χ0) is 16.4. The first kappa shape index (κ1) is 15.7. The predicted octanol–water partition coefficient (Wildman–Crippen LogP) is 1.36. The summed E-state index contributed by atoms with van der Waals surface area (Å²) in [5.41, 5.74) is -0.767. The van der Waals surface area contributed by atoms with E-state index in [2.05, 4.69) is 10.3 Å². The fraction of sp³-hybridized carbons (Fsp3) is 0.467. The van der Waals surface area contributed by atoms with Crippen LogP contribution in [0.15, 0.2) is 22.6 Å². The van der Waals surface area contributed by atoms with Crippen LogP contribution in [0.1, 0.15) is 32.1 Å². The largest absolute Gasteiger partial charge is 0.481 e. The molecule has 2 heterocycles. The number of aryl methyl sites for hydroxylation is 1. The summed E-state index contributed by atoms with van der Waals surface area (Å²) >= 11 is 1.40. The van der Waals surface area contributed by atoms with Crippen molar-refractivity contribution in [2.75, 3.05) is 0 Å². The quantitative estimate of drug-likeness (QED) is 0.830. The zero-order valence-corrected chi connectivity index (χ0v) is 13.3. The van der Waals surface area contributed by atoms with E-state index in [1.807, 2.05) is 5.38 Å². The van der Waals surface area contributed by atoms with Gasteiger partial charge in [-0.05, 0) is 30.7 Å². The lowest BCUT2D eigenvalue weighted by molar-refractivity contribution is -0.140. The third kappa shape index (κ3) is 3.26. The van der Waals surface area contributed by atoms with Crippen molar-refractivity contribution in [1.82, 2.24) is 14.9 Å². The molecule has 0 bridgehead atoms. The van der Waals surface area contributed by atoms with Gasteiger partial charge in [0.05, 0.1) is 23.7 Å². The number of fused-ring (bicyclic) bond motifs is 1. The van der Waals surface area contributed by atoms with E-state index in [1.165, 1.54) is 22.2 Å². The lowest BCUT2D eigenvalue weighted by Crippen LogP contribution is -2.54. The highest BCUT2D eigenvalue weighted by Crippen LogP contribution is 2.34. The van der Waals surface area contributed by atoms with Crippen molar-refractivity contribution in [3.05, 3.63) is 28.1 Å². The first-order chi connectivity index (χ1) is 11.0. The molecule has 3 rings (SSSR count). The van der Waals surface area contributed by atoms with Crippen molar-refractivity contribution in [2.24, 2.45) is 0 Å². The fourth-order valence-electron chi connectivity index (χ4n) is 2.87. The number of hydrogen-bond donors (Lipinski definition) is 2. The number of aromatic nitrogens is 2. The monoisotopic (exact) mass is 335 g/mol. The lowest BCUT2D eigenvalue weighted by Gasteiger charge is -2.41. The van der Waals surface area contributed by atoms with Crippen molar-refractivity contribution in [2.45, 2.75) is 44.2 Å². The average Bonchev–Trinajstić information content (AvgIpc) is 2.93. The van der Waals surface area contributed by atoms with Gasteiger partial charge in [-0.2, -0.15) is 0 Å².